The van der Waals surface area contributed by atoms with Gasteiger partial charge in [0.2, 0.25) is 11.8 Å². The molecule has 0 saturated carbocycles. The zero-order valence-corrected chi connectivity index (χ0v) is 13.1. The first-order valence-electron chi connectivity index (χ1n) is 7.39. The van der Waals surface area contributed by atoms with Crippen LogP contribution in [0.15, 0.2) is 45.3 Å². The van der Waals surface area contributed by atoms with Gasteiger partial charge in [0, 0.05) is 0 Å². The normalized spacial score (nSPS) is 16.2. The summed E-state index contributed by atoms with van der Waals surface area (Å²) in [5.74, 6) is -2.72. The number of hydrogen-bond acceptors (Lipinski definition) is 6. The summed E-state index contributed by atoms with van der Waals surface area (Å²) >= 11 is 0. The lowest BCUT2D eigenvalue weighted by atomic mass is 9.84. The second kappa shape index (κ2) is 6.27. The van der Waals surface area contributed by atoms with Gasteiger partial charge in [-0.25, -0.2) is 14.0 Å². The molecule has 2 heterocycles. The van der Waals surface area contributed by atoms with E-state index >= 15 is 0 Å². The van der Waals surface area contributed by atoms with Crippen LogP contribution in [-0.4, -0.2) is 22.5 Å². The Morgan fingerprint density at radius 3 is 2.60 bits per heavy atom. The third-order valence-corrected chi connectivity index (χ3v) is 3.70. The van der Waals surface area contributed by atoms with Crippen molar-refractivity contribution in [3.63, 3.8) is 0 Å². The minimum Gasteiger partial charge on any atom is -0.462 e. The summed E-state index contributed by atoms with van der Waals surface area (Å²) in [6, 6.07) is 5.19. The minimum absolute atomic E-state index is 0.0246. The van der Waals surface area contributed by atoms with Gasteiger partial charge in [-0.2, -0.15) is 0 Å². The number of aromatic nitrogens is 2. The molecule has 1 aromatic heterocycles. The van der Waals surface area contributed by atoms with Gasteiger partial charge in [-0.3, -0.25) is 14.8 Å². The zero-order valence-electron chi connectivity index (χ0n) is 13.1. The monoisotopic (exact) mass is 347 g/mol. The molecule has 25 heavy (non-hydrogen) atoms. The van der Waals surface area contributed by atoms with Crippen LogP contribution < -0.4 is 21.7 Å². The number of rotatable bonds is 3. The van der Waals surface area contributed by atoms with Crippen molar-refractivity contribution in [3.8, 4) is 5.88 Å². The largest absolute Gasteiger partial charge is 0.462 e. The van der Waals surface area contributed by atoms with E-state index in [1.807, 2.05) is 0 Å². The molecule has 0 aliphatic carbocycles. The maximum Gasteiger partial charge on any atom is 0.340 e. The lowest BCUT2D eigenvalue weighted by Gasteiger charge is -2.26. The number of nitrogens with two attached hydrogens (primary N) is 1. The highest BCUT2D eigenvalue weighted by Gasteiger charge is 2.38. The summed E-state index contributed by atoms with van der Waals surface area (Å²) in [6.07, 6.45) is 0. The van der Waals surface area contributed by atoms with Gasteiger partial charge < -0.3 is 15.2 Å². The molecule has 0 spiro atoms. The molecule has 0 fully saturated rings. The predicted molar refractivity (Wildman–Crippen MR) is 84.4 cm³/mol. The van der Waals surface area contributed by atoms with Gasteiger partial charge in [-0.1, -0.05) is 12.1 Å². The Labute approximate surface area is 140 Å². The summed E-state index contributed by atoms with van der Waals surface area (Å²) in [4.78, 5) is 40.6. The zero-order chi connectivity index (χ0) is 18.1. The van der Waals surface area contributed by atoms with Crippen LogP contribution in [0.3, 0.4) is 0 Å². The van der Waals surface area contributed by atoms with Gasteiger partial charge in [-0.15, -0.1) is 0 Å². The number of carbonyl (C=O) groups excluding carboxylic acids is 1. The van der Waals surface area contributed by atoms with E-state index in [0.29, 0.717) is 5.56 Å². The first-order valence-corrected chi connectivity index (χ1v) is 7.39. The van der Waals surface area contributed by atoms with Crippen LogP contribution in [0.5, 0.6) is 5.88 Å². The number of H-pyrrole nitrogens is 2. The molecule has 130 valence electrons. The number of fused-ring (bicyclic) bond motifs is 1. The van der Waals surface area contributed by atoms with Gasteiger partial charge in [0.25, 0.3) is 5.56 Å². The maximum absolute atomic E-state index is 13.3. The summed E-state index contributed by atoms with van der Waals surface area (Å²) in [6.45, 7) is 1.70. The number of aromatic amines is 2. The van der Waals surface area contributed by atoms with Crippen LogP contribution in [-0.2, 0) is 9.53 Å². The molecule has 0 saturated heterocycles. The average molecular weight is 347 g/mol. The van der Waals surface area contributed by atoms with E-state index in [-0.39, 0.29) is 29.5 Å². The molecular weight excluding hydrogens is 333 g/mol. The molecule has 1 atom stereocenters. The molecule has 0 unspecified atom stereocenters. The van der Waals surface area contributed by atoms with Crippen LogP contribution in [0.25, 0.3) is 0 Å². The van der Waals surface area contributed by atoms with Crippen molar-refractivity contribution in [1.82, 2.24) is 9.97 Å². The molecule has 8 nitrogen and oxygen atoms in total. The molecule has 9 heteroatoms. The fourth-order valence-electron chi connectivity index (χ4n) is 2.69. The molecule has 0 radical (unpaired) electrons. The predicted octanol–water partition coefficient (Wildman–Crippen LogP) is 0.460. The van der Waals surface area contributed by atoms with E-state index in [1.54, 1.807) is 6.92 Å². The number of nitrogens with one attached hydrogen (secondary N) is 2. The lowest BCUT2D eigenvalue weighted by Crippen LogP contribution is -2.35. The van der Waals surface area contributed by atoms with Crippen molar-refractivity contribution in [2.45, 2.75) is 12.8 Å². The quantitative estimate of drug-likeness (QED) is 0.692. The summed E-state index contributed by atoms with van der Waals surface area (Å²) in [5, 5.41) is 0. The Kier molecular flexibility index (Phi) is 4.14. The highest BCUT2D eigenvalue weighted by Crippen LogP contribution is 2.39. The number of hydrogen-bond donors (Lipinski definition) is 3. The number of carbonyl (C=O) groups is 1. The molecule has 1 aliphatic heterocycles. The number of halogens is 1. The molecule has 1 aliphatic rings. The Bertz CT molecular complexity index is 975. The maximum atomic E-state index is 13.3. The van der Waals surface area contributed by atoms with Gasteiger partial charge >= 0.3 is 11.7 Å². The van der Waals surface area contributed by atoms with E-state index in [9.17, 15) is 18.8 Å². The van der Waals surface area contributed by atoms with Crippen molar-refractivity contribution >= 4 is 5.97 Å². The molecular formula is C16H14FN3O5. The van der Waals surface area contributed by atoms with Crippen LogP contribution in [0.2, 0.25) is 0 Å². The smallest absolute Gasteiger partial charge is 0.340 e. The SMILES string of the molecule is CCOC(=O)C1=C(N)Oc2[nH]c(=O)[nH]c(=O)c2[C@H]1c1ccc(F)cc1. The van der Waals surface area contributed by atoms with E-state index in [4.69, 9.17) is 15.2 Å². The molecule has 1 aromatic carbocycles. The van der Waals surface area contributed by atoms with Crippen molar-refractivity contribution in [1.29, 1.82) is 0 Å². The summed E-state index contributed by atoms with van der Waals surface area (Å²) in [7, 11) is 0. The van der Waals surface area contributed by atoms with Crippen LogP contribution in [0.1, 0.15) is 24.0 Å². The standard InChI is InChI=1S/C16H14FN3O5/c1-2-24-15(22)10-9(7-3-5-8(17)6-4-7)11-13(21)19-16(23)20-14(11)25-12(10)18/h3-6,9H,2,18H2,1H3,(H2,19,20,21,23)/t9-/m0/s1. The van der Waals surface area contributed by atoms with Crippen molar-refractivity contribution in [3.05, 3.63) is 73.5 Å². The van der Waals surface area contributed by atoms with Crippen LogP contribution >= 0.6 is 0 Å². The second-order valence-electron chi connectivity index (χ2n) is 5.24. The van der Waals surface area contributed by atoms with Crippen molar-refractivity contribution in [2.24, 2.45) is 5.73 Å². The Morgan fingerprint density at radius 2 is 1.96 bits per heavy atom. The molecule has 2 aromatic rings. The third-order valence-electron chi connectivity index (χ3n) is 3.70. The average Bonchev–Trinajstić information content (AvgIpc) is 2.54. The van der Waals surface area contributed by atoms with Gasteiger partial charge in [0.05, 0.1) is 18.1 Å². The summed E-state index contributed by atoms with van der Waals surface area (Å²) < 4.78 is 23.5. The Balaban J connectivity index is 2.27. The van der Waals surface area contributed by atoms with Crippen molar-refractivity contribution < 1.29 is 18.7 Å². The van der Waals surface area contributed by atoms with E-state index in [2.05, 4.69) is 9.97 Å². The van der Waals surface area contributed by atoms with Crippen LogP contribution in [0, 0.1) is 5.82 Å². The minimum atomic E-state index is -0.982. The summed E-state index contributed by atoms with van der Waals surface area (Å²) in [5.41, 5.74) is 4.59. The number of ether oxygens (including phenoxy) is 2. The highest BCUT2D eigenvalue weighted by atomic mass is 19.1. The third kappa shape index (κ3) is 2.91. The second-order valence-corrected chi connectivity index (χ2v) is 5.24. The molecule has 0 amide bonds. The topological polar surface area (TPSA) is 127 Å². The number of benzene rings is 1. The van der Waals surface area contributed by atoms with E-state index < -0.39 is 29.0 Å². The van der Waals surface area contributed by atoms with Crippen molar-refractivity contribution in [2.75, 3.05) is 6.61 Å². The van der Waals surface area contributed by atoms with Gasteiger partial charge in [-0.05, 0) is 24.6 Å². The van der Waals surface area contributed by atoms with Crippen LogP contribution in [0.4, 0.5) is 4.39 Å². The first kappa shape index (κ1) is 16.5. The Hall–Kier alpha value is -3.36. The molecule has 3 rings (SSSR count). The van der Waals surface area contributed by atoms with Gasteiger partial charge in [0.15, 0.2) is 0 Å². The lowest BCUT2D eigenvalue weighted by molar-refractivity contribution is -0.139. The highest BCUT2D eigenvalue weighted by molar-refractivity contribution is 5.92. The molecule has 0 bridgehead atoms. The molecule has 4 N–H and O–H groups in total. The van der Waals surface area contributed by atoms with E-state index in [1.165, 1.54) is 24.3 Å². The number of esters is 1. The first-order chi connectivity index (χ1) is 11.9. The fraction of sp³-hybridized carbons (Fsp3) is 0.188. The Morgan fingerprint density at radius 1 is 1.28 bits per heavy atom. The fourth-order valence-corrected chi connectivity index (χ4v) is 2.69. The van der Waals surface area contributed by atoms with Gasteiger partial charge in [0.1, 0.15) is 11.4 Å². The van der Waals surface area contributed by atoms with E-state index in [0.717, 1.165) is 0 Å².